The van der Waals surface area contributed by atoms with Crippen molar-refractivity contribution in [2.75, 3.05) is 13.7 Å². The fourth-order valence-corrected chi connectivity index (χ4v) is 3.17. The van der Waals surface area contributed by atoms with Crippen LogP contribution in [0.1, 0.15) is 37.3 Å². The number of carbonyl (C=O) groups excluding carboxylic acids is 2. The van der Waals surface area contributed by atoms with Gasteiger partial charge in [-0.2, -0.15) is 0 Å². The molecule has 0 fully saturated rings. The Kier molecular flexibility index (Phi) is 4.33. The van der Waals surface area contributed by atoms with Gasteiger partial charge in [-0.05, 0) is 30.9 Å². The third kappa shape index (κ3) is 2.69. The molecule has 1 heterocycles. The van der Waals surface area contributed by atoms with Gasteiger partial charge >= 0.3 is 0 Å². The second kappa shape index (κ2) is 6.41. The van der Waals surface area contributed by atoms with E-state index in [9.17, 15) is 9.59 Å². The van der Waals surface area contributed by atoms with E-state index < -0.39 is 0 Å². The molecule has 3 rings (SSSR count). The van der Waals surface area contributed by atoms with E-state index in [2.05, 4.69) is 0 Å². The highest BCUT2D eigenvalue weighted by molar-refractivity contribution is 6.21. The summed E-state index contributed by atoms with van der Waals surface area (Å²) in [4.78, 5) is 26.6. The Bertz CT molecular complexity index is 715. The summed E-state index contributed by atoms with van der Waals surface area (Å²) in [6, 6.07) is 7.98. The molecule has 0 saturated carbocycles. The predicted molar refractivity (Wildman–Crippen MR) is 88.4 cm³/mol. The van der Waals surface area contributed by atoms with Gasteiger partial charge in [0.1, 0.15) is 5.76 Å². The van der Waals surface area contributed by atoms with E-state index in [1.807, 2.05) is 31.2 Å². The van der Waals surface area contributed by atoms with Crippen molar-refractivity contribution >= 4 is 17.6 Å². The first-order chi connectivity index (χ1) is 11.2. The van der Waals surface area contributed by atoms with Gasteiger partial charge < -0.3 is 4.74 Å². The summed E-state index contributed by atoms with van der Waals surface area (Å²) in [6.45, 7) is 2.54. The molecule has 1 aliphatic carbocycles. The number of aryl methyl sites for hydroxylation is 1. The van der Waals surface area contributed by atoms with Crippen molar-refractivity contribution in [1.82, 2.24) is 4.90 Å². The molecular weight excluding hydrogens is 290 g/mol. The molecule has 1 aliphatic heterocycles. The number of methoxy groups -OCH3 is 1. The number of amides is 2. The van der Waals surface area contributed by atoms with E-state index in [1.165, 1.54) is 4.90 Å². The Morgan fingerprint density at radius 2 is 1.91 bits per heavy atom. The van der Waals surface area contributed by atoms with Crippen LogP contribution in [-0.2, 0) is 20.7 Å². The second-order valence-corrected chi connectivity index (χ2v) is 5.88. The van der Waals surface area contributed by atoms with Crippen molar-refractivity contribution in [3.05, 3.63) is 52.6 Å². The number of hydrogen-bond acceptors (Lipinski definition) is 3. The van der Waals surface area contributed by atoms with Gasteiger partial charge in [0.15, 0.2) is 0 Å². The summed E-state index contributed by atoms with van der Waals surface area (Å²) < 4.78 is 5.51. The summed E-state index contributed by atoms with van der Waals surface area (Å²) in [5, 5.41) is 0. The molecule has 2 amide bonds. The van der Waals surface area contributed by atoms with E-state index in [0.717, 1.165) is 30.4 Å². The van der Waals surface area contributed by atoms with Gasteiger partial charge in [0.05, 0.1) is 12.7 Å². The summed E-state index contributed by atoms with van der Waals surface area (Å²) in [6.07, 6.45) is 4.84. The van der Waals surface area contributed by atoms with Gasteiger partial charge in [0.25, 0.3) is 11.8 Å². The number of fused-ring (bicyclic) bond motifs is 1. The van der Waals surface area contributed by atoms with Crippen LogP contribution in [0.2, 0.25) is 0 Å². The number of carbonyl (C=O) groups is 2. The topological polar surface area (TPSA) is 46.6 Å². The zero-order chi connectivity index (χ0) is 16.4. The lowest BCUT2D eigenvalue weighted by Gasteiger charge is -2.15. The summed E-state index contributed by atoms with van der Waals surface area (Å²) in [7, 11) is 1.60. The van der Waals surface area contributed by atoms with Crippen LogP contribution in [0.25, 0.3) is 5.76 Å². The molecule has 4 heteroatoms. The zero-order valence-electron chi connectivity index (χ0n) is 13.6. The average Bonchev–Trinajstić information content (AvgIpc) is 2.76. The van der Waals surface area contributed by atoms with Crippen molar-refractivity contribution in [3.63, 3.8) is 0 Å². The van der Waals surface area contributed by atoms with Crippen molar-refractivity contribution in [1.29, 1.82) is 0 Å². The number of hydrogen-bond donors (Lipinski definition) is 0. The smallest absolute Gasteiger partial charge is 0.261 e. The molecule has 0 N–H and O–H groups in total. The van der Waals surface area contributed by atoms with E-state index in [4.69, 9.17) is 4.74 Å². The van der Waals surface area contributed by atoms with Gasteiger partial charge in [0, 0.05) is 17.7 Å². The molecule has 120 valence electrons. The van der Waals surface area contributed by atoms with Crippen molar-refractivity contribution in [3.8, 4) is 0 Å². The molecule has 2 aliphatic rings. The Hall–Kier alpha value is -2.36. The summed E-state index contributed by atoms with van der Waals surface area (Å²) in [5.41, 5.74) is 3.25. The molecule has 23 heavy (non-hydrogen) atoms. The van der Waals surface area contributed by atoms with E-state index in [-0.39, 0.29) is 11.8 Å². The molecule has 0 aromatic heterocycles. The standard InChI is InChI=1S/C19H21NO3/c1-3-4-11-20-18(21)15-10-9-13-7-5-6-8-14(13)17(23-2)12-16(15)19(20)22/h5-8,12H,3-4,9-11H2,1-2H3/b17-12+. The molecule has 1 aromatic carbocycles. The average molecular weight is 311 g/mol. The molecule has 0 radical (unpaired) electrons. The van der Waals surface area contributed by atoms with Gasteiger partial charge in [-0.25, -0.2) is 0 Å². The third-order valence-electron chi connectivity index (χ3n) is 4.46. The first-order valence-electron chi connectivity index (χ1n) is 8.10. The van der Waals surface area contributed by atoms with Crippen LogP contribution < -0.4 is 0 Å². The second-order valence-electron chi connectivity index (χ2n) is 5.88. The van der Waals surface area contributed by atoms with Gasteiger partial charge in [-0.3, -0.25) is 14.5 Å². The Morgan fingerprint density at radius 3 is 2.65 bits per heavy atom. The molecule has 1 aromatic rings. The van der Waals surface area contributed by atoms with Crippen LogP contribution in [-0.4, -0.2) is 30.4 Å². The number of ether oxygens (including phenoxy) is 1. The third-order valence-corrected chi connectivity index (χ3v) is 4.46. The normalized spacial score (nSPS) is 19.7. The minimum Gasteiger partial charge on any atom is -0.496 e. The monoisotopic (exact) mass is 311 g/mol. The van der Waals surface area contributed by atoms with Crippen LogP contribution in [0.5, 0.6) is 0 Å². The maximum Gasteiger partial charge on any atom is 0.261 e. The van der Waals surface area contributed by atoms with Crippen LogP contribution in [0.3, 0.4) is 0 Å². The lowest BCUT2D eigenvalue weighted by Crippen LogP contribution is -2.32. The predicted octanol–water partition coefficient (Wildman–Crippen LogP) is 3.09. The zero-order valence-corrected chi connectivity index (χ0v) is 13.6. The molecule has 0 bridgehead atoms. The lowest BCUT2D eigenvalue weighted by atomic mass is 9.93. The quantitative estimate of drug-likeness (QED) is 0.803. The van der Waals surface area contributed by atoms with E-state index >= 15 is 0 Å². The number of imide groups is 1. The van der Waals surface area contributed by atoms with Crippen LogP contribution >= 0.6 is 0 Å². The fraction of sp³-hybridized carbons (Fsp3) is 0.368. The SMILES string of the molecule is CCCCN1C(=O)C2=C(CCc3ccccc3/C(OC)=C\2)C1=O. The van der Waals surface area contributed by atoms with Gasteiger partial charge in [-0.15, -0.1) is 0 Å². The largest absolute Gasteiger partial charge is 0.496 e. The maximum atomic E-state index is 12.6. The fourth-order valence-electron chi connectivity index (χ4n) is 3.17. The Labute approximate surface area is 136 Å². The Balaban J connectivity index is 2.02. The number of nitrogens with zero attached hydrogens (tertiary/aromatic N) is 1. The maximum absolute atomic E-state index is 12.6. The van der Waals surface area contributed by atoms with Gasteiger partial charge in [0.2, 0.25) is 0 Å². The number of unbranched alkanes of at least 4 members (excludes halogenated alkanes) is 1. The molecular formula is C19H21NO3. The lowest BCUT2D eigenvalue weighted by molar-refractivity contribution is -0.137. The molecule has 0 spiro atoms. The first-order valence-corrected chi connectivity index (χ1v) is 8.10. The Morgan fingerprint density at radius 1 is 1.13 bits per heavy atom. The molecule has 0 saturated heterocycles. The highest BCUT2D eigenvalue weighted by Gasteiger charge is 2.37. The van der Waals surface area contributed by atoms with Crippen LogP contribution in [0.15, 0.2) is 41.5 Å². The molecule has 0 atom stereocenters. The van der Waals surface area contributed by atoms with Crippen molar-refractivity contribution < 1.29 is 14.3 Å². The van der Waals surface area contributed by atoms with Gasteiger partial charge in [-0.1, -0.05) is 37.6 Å². The minimum absolute atomic E-state index is 0.135. The van der Waals surface area contributed by atoms with E-state index in [1.54, 1.807) is 13.2 Å². The summed E-state index contributed by atoms with van der Waals surface area (Å²) >= 11 is 0. The number of rotatable bonds is 4. The van der Waals surface area contributed by atoms with Crippen molar-refractivity contribution in [2.45, 2.75) is 32.6 Å². The molecule has 4 nitrogen and oxygen atoms in total. The number of benzene rings is 1. The van der Waals surface area contributed by atoms with Crippen LogP contribution in [0.4, 0.5) is 0 Å². The van der Waals surface area contributed by atoms with E-state index in [0.29, 0.717) is 29.9 Å². The summed E-state index contributed by atoms with van der Waals surface area (Å²) in [5.74, 6) is 0.322. The highest BCUT2D eigenvalue weighted by atomic mass is 16.5. The molecule has 0 unspecified atom stereocenters. The van der Waals surface area contributed by atoms with Crippen molar-refractivity contribution in [2.24, 2.45) is 0 Å². The minimum atomic E-state index is -0.188. The van der Waals surface area contributed by atoms with Crippen LogP contribution in [0, 0.1) is 0 Å². The first kappa shape index (κ1) is 15.5. The highest BCUT2D eigenvalue weighted by Crippen LogP contribution is 2.33.